The molecule has 19 nitrogen and oxygen atoms in total. The Morgan fingerprint density at radius 2 is 0.778 bits per heavy atom. The summed E-state index contributed by atoms with van der Waals surface area (Å²) in [5, 5.41) is 120. The van der Waals surface area contributed by atoms with Gasteiger partial charge in [-0.15, -0.1) is 0 Å². The Kier molecular flexibility index (Phi) is 41.4. The second-order valence-corrected chi connectivity index (χ2v) is 23.2. The standard InChI is InChI=1S/C62H115NO18/c1-3-5-7-9-11-13-15-17-19-21-23-25-27-29-31-33-35-37-39-46(67)45(63-50(68)40-38-36-34-32-30-28-26-24-22-20-18-16-14-12-10-8-6-4-2)44-76-60-56(74)53(71)58(48(42-65)78-60)81-62-57(75)54(72)59(49(43-66)79-62)80-61-55(73)52(70)51(69)47(41-64)77-61/h20,22,37,39,45-49,51-62,64-67,69-75H,3-19,21,23-36,38,40-44H2,1-2H3,(H,63,68)/b22-20-,39-37+. The molecule has 0 aromatic carbocycles. The number of hydrogen-bond donors (Lipinski definition) is 12. The predicted octanol–water partition coefficient (Wildman–Crippen LogP) is 6.71. The van der Waals surface area contributed by atoms with Gasteiger partial charge in [0.25, 0.3) is 0 Å². The fraction of sp³-hybridized carbons (Fsp3) is 0.919. The van der Waals surface area contributed by atoms with Gasteiger partial charge in [0.2, 0.25) is 5.91 Å². The average molecular weight is 1160 g/mol. The van der Waals surface area contributed by atoms with Crippen LogP contribution in [0.1, 0.15) is 232 Å². The number of allylic oxidation sites excluding steroid dienone is 3. The second kappa shape index (κ2) is 45.6. The maximum Gasteiger partial charge on any atom is 0.220 e. The number of rotatable bonds is 48. The first-order chi connectivity index (χ1) is 39.3. The summed E-state index contributed by atoms with van der Waals surface area (Å²) in [5.41, 5.74) is 0. The highest BCUT2D eigenvalue weighted by atomic mass is 16.8. The third kappa shape index (κ3) is 29.0. The summed E-state index contributed by atoms with van der Waals surface area (Å²) in [6.07, 6.45) is 21.5. The first-order valence-electron chi connectivity index (χ1n) is 32.1. The minimum absolute atomic E-state index is 0.240. The summed E-state index contributed by atoms with van der Waals surface area (Å²) in [6, 6.07) is -0.973. The molecule has 476 valence electrons. The monoisotopic (exact) mass is 1160 g/mol. The molecule has 3 aliphatic rings. The Morgan fingerprint density at radius 1 is 0.432 bits per heavy atom. The Morgan fingerprint density at radius 3 is 1.20 bits per heavy atom. The van der Waals surface area contributed by atoms with Gasteiger partial charge in [0.1, 0.15) is 73.2 Å². The molecule has 0 aromatic heterocycles. The highest BCUT2D eigenvalue weighted by molar-refractivity contribution is 5.76. The maximum absolute atomic E-state index is 13.4. The SMILES string of the molecule is CCCCCCCCC/C=C\CCCCCCCCCC(=O)NC(COC1OC(CO)C(OC2OC(CO)C(OC3OC(CO)C(O)C(O)C3O)C(O)C2O)C(O)C1O)C(O)/C=C/CCCCCCCCCCCCCCCCCC. The van der Waals surface area contributed by atoms with Crippen molar-refractivity contribution in [3.05, 3.63) is 24.3 Å². The van der Waals surface area contributed by atoms with Crippen LogP contribution in [0.25, 0.3) is 0 Å². The van der Waals surface area contributed by atoms with Gasteiger partial charge in [-0.2, -0.15) is 0 Å². The van der Waals surface area contributed by atoms with Crippen molar-refractivity contribution in [1.82, 2.24) is 5.32 Å². The number of aliphatic hydroxyl groups excluding tert-OH is 11. The highest BCUT2D eigenvalue weighted by Gasteiger charge is 2.53. The fourth-order valence-corrected chi connectivity index (χ4v) is 11.0. The number of ether oxygens (including phenoxy) is 6. The molecular formula is C62H115NO18. The summed E-state index contributed by atoms with van der Waals surface area (Å²) >= 11 is 0. The van der Waals surface area contributed by atoms with Gasteiger partial charge in [-0.3, -0.25) is 4.79 Å². The quantitative estimate of drug-likeness (QED) is 0.0222. The van der Waals surface area contributed by atoms with Crippen LogP contribution in [0.15, 0.2) is 24.3 Å². The van der Waals surface area contributed by atoms with Crippen molar-refractivity contribution in [2.24, 2.45) is 0 Å². The average Bonchev–Trinajstić information content (AvgIpc) is 3.51. The molecule has 3 fully saturated rings. The zero-order valence-electron chi connectivity index (χ0n) is 49.8. The van der Waals surface area contributed by atoms with Crippen molar-refractivity contribution in [1.29, 1.82) is 0 Å². The van der Waals surface area contributed by atoms with E-state index < -0.39 is 124 Å². The van der Waals surface area contributed by atoms with Crippen molar-refractivity contribution < 1.29 is 89.4 Å². The summed E-state index contributed by atoms with van der Waals surface area (Å²) in [6.45, 7) is 1.73. The number of unbranched alkanes of at least 4 members (excludes halogenated alkanes) is 30. The molecule has 3 rings (SSSR count). The van der Waals surface area contributed by atoms with Crippen LogP contribution in [0.4, 0.5) is 0 Å². The van der Waals surface area contributed by atoms with Gasteiger partial charge in [-0.05, 0) is 44.9 Å². The summed E-state index contributed by atoms with van der Waals surface area (Å²) < 4.78 is 34.3. The van der Waals surface area contributed by atoms with E-state index in [9.17, 15) is 61.0 Å². The molecule has 0 saturated carbocycles. The summed E-state index contributed by atoms with van der Waals surface area (Å²) in [7, 11) is 0. The zero-order chi connectivity index (χ0) is 59.0. The smallest absolute Gasteiger partial charge is 0.220 e. The van der Waals surface area contributed by atoms with E-state index in [-0.39, 0.29) is 18.9 Å². The van der Waals surface area contributed by atoms with Gasteiger partial charge in [-0.1, -0.05) is 205 Å². The molecule has 3 saturated heterocycles. The number of amides is 1. The number of aliphatic hydroxyl groups is 11. The van der Waals surface area contributed by atoms with Crippen LogP contribution < -0.4 is 5.32 Å². The molecule has 0 bridgehead atoms. The van der Waals surface area contributed by atoms with Crippen LogP contribution in [0.3, 0.4) is 0 Å². The Balaban J connectivity index is 1.49. The van der Waals surface area contributed by atoms with Gasteiger partial charge in [0.15, 0.2) is 18.9 Å². The van der Waals surface area contributed by atoms with Gasteiger partial charge in [0.05, 0.1) is 38.6 Å². The second-order valence-electron chi connectivity index (χ2n) is 23.2. The van der Waals surface area contributed by atoms with Crippen LogP contribution in [-0.2, 0) is 33.2 Å². The maximum atomic E-state index is 13.4. The molecule has 3 aliphatic heterocycles. The van der Waals surface area contributed by atoms with E-state index in [0.717, 1.165) is 57.8 Å². The molecule has 3 heterocycles. The van der Waals surface area contributed by atoms with Crippen molar-refractivity contribution in [3.63, 3.8) is 0 Å². The lowest BCUT2D eigenvalue weighted by molar-refractivity contribution is -0.379. The highest BCUT2D eigenvalue weighted by Crippen LogP contribution is 2.33. The molecule has 17 atom stereocenters. The number of nitrogens with one attached hydrogen (secondary N) is 1. The first-order valence-corrected chi connectivity index (χ1v) is 32.1. The number of carbonyl (C=O) groups is 1. The summed E-state index contributed by atoms with van der Waals surface area (Å²) in [5.74, 6) is -0.279. The van der Waals surface area contributed by atoms with Crippen LogP contribution in [0.2, 0.25) is 0 Å². The van der Waals surface area contributed by atoms with Gasteiger partial charge < -0.3 is 89.9 Å². The molecule has 0 aliphatic carbocycles. The number of hydrogen-bond acceptors (Lipinski definition) is 18. The molecule has 17 unspecified atom stereocenters. The lowest BCUT2D eigenvalue weighted by Crippen LogP contribution is -2.66. The van der Waals surface area contributed by atoms with Gasteiger partial charge in [0, 0.05) is 6.42 Å². The molecular weight excluding hydrogens is 1050 g/mol. The normalized spacial score (nSPS) is 29.9. The van der Waals surface area contributed by atoms with E-state index in [1.165, 1.54) is 148 Å². The molecule has 0 spiro atoms. The van der Waals surface area contributed by atoms with Crippen molar-refractivity contribution in [3.8, 4) is 0 Å². The van der Waals surface area contributed by atoms with Crippen molar-refractivity contribution in [2.45, 2.75) is 336 Å². The van der Waals surface area contributed by atoms with Crippen molar-refractivity contribution >= 4 is 5.91 Å². The van der Waals surface area contributed by atoms with Crippen LogP contribution in [-0.4, -0.2) is 193 Å². The van der Waals surface area contributed by atoms with E-state index >= 15 is 0 Å². The molecule has 0 radical (unpaired) electrons. The molecule has 12 N–H and O–H groups in total. The Hall–Kier alpha value is -1.73. The molecule has 81 heavy (non-hydrogen) atoms. The van der Waals surface area contributed by atoms with Gasteiger partial charge >= 0.3 is 0 Å². The van der Waals surface area contributed by atoms with Crippen molar-refractivity contribution in [2.75, 3.05) is 26.4 Å². The van der Waals surface area contributed by atoms with Crippen LogP contribution >= 0.6 is 0 Å². The van der Waals surface area contributed by atoms with E-state index in [1.54, 1.807) is 6.08 Å². The lowest BCUT2D eigenvalue weighted by Gasteiger charge is -2.48. The van der Waals surface area contributed by atoms with E-state index in [0.29, 0.717) is 6.42 Å². The third-order valence-corrected chi connectivity index (χ3v) is 16.2. The summed E-state index contributed by atoms with van der Waals surface area (Å²) in [4.78, 5) is 13.4. The zero-order valence-corrected chi connectivity index (χ0v) is 49.8. The Bertz CT molecular complexity index is 1580. The number of carbonyl (C=O) groups excluding carboxylic acids is 1. The van der Waals surface area contributed by atoms with Gasteiger partial charge in [-0.25, -0.2) is 0 Å². The first kappa shape index (κ1) is 73.5. The topological polar surface area (TPSA) is 307 Å². The third-order valence-electron chi connectivity index (χ3n) is 16.2. The minimum atomic E-state index is -1.98. The van der Waals surface area contributed by atoms with Crippen LogP contribution in [0.5, 0.6) is 0 Å². The molecule has 19 heteroatoms. The molecule has 0 aromatic rings. The predicted molar refractivity (Wildman–Crippen MR) is 310 cm³/mol. The molecule has 1 amide bonds. The van der Waals surface area contributed by atoms with Crippen LogP contribution in [0, 0.1) is 0 Å². The fourth-order valence-electron chi connectivity index (χ4n) is 11.0. The minimum Gasteiger partial charge on any atom is -0.394 e. The van der Waals surface area contributed by atoms with E-state index in [4.69, 9.17) is 28.4 Å². The lowest BCUT2D eigenvalue weighted by atomic mass is 9.96. The van der Waals surface area contributed by atoms with E-state index in [2.05, 4.69) is 31.3 Å². The largest absolute Gasteiger partial charge is 0.394 e. The van der Waals surface area contributed by atoms with E-state index in [1.807, 2.05) is 6.08 Å². The Labute approximate surface area is 486 Å².